The molecule has 35 heavy (non-hydrogen) atoms. The van der Waals surface area contributed by atoms with E-state index in [4.69, 9.17) is 0 Å². The molecule has 0 atom stereocenters. The molecule has 7 nitrogen and oxygen atoms in total. The quantitative estimate of drug-likeness (QED) is 0.471. The van der Waals surface area contributed by atoms with Gasteiger partial charge in [0, 0.05) is 13.1 Å². The van der Waals surface area contributed by atoms with Crippen LogP contribution in [0.2, 0.25) is 0 Å². The van der Waals surface area contributed by atoms with Crippen molar-refractivity contribution in [3.63, 3.8) is 0 Å². The van der Waals surface area contributed by atoms with Gasteiger partial charge in [-0.05, 0) is 51.9 Å². The Balaban J connectivity index is 1.22. The van der Waals surface area contributed by atoms with Gasteiger partial charge in [-0.3, -0.25) is 24.1 Å². The van der Waals surface area contributed by atoms with Crippen molar-refractivity contribution in [1.82, 2.24) is 15.5 Å². The van der Waals surface area contributed by atoms with Gasteiger partial charge in [0.15, 0.2) is 0 Å². The van der Waals surface area contributed by atoms with Crippen LogP contribution >= 0.6 is 11.8 Å². The van der Waals surface area contributed by atoms with Gasteiger partial charge in [0.1, 0.15) is 5.82 Å². The number of amides is 4. The lowest BCUT2D eigenvalue weighted by Gasteiger charge is -2.13. The van der Waals surface area contributed by atoms with Crippen LogP contribution in [0.25, 0.3) is 16.8 Å². The van der Waals surface area contributed by atoms with Gasteiger partial charge in [0.25, 0.3) is 11.1 Å². The molecule has 0 aliphatic carbocycles. The van der Waals surface area contributed by atoms with Crippen LogP contribution in [0.3, 0.4) is 0 Å². The number of fused-ring (bicyclic) bond motifs is 1. The number of rotatable bonds is 8. The van der Waals surface area contributed by atoms with Crippen molar-refractivity contribution in [3.05, 3.63) is 88.6 Å². The Hall–Kier alpha value is -3.98. The number of carbonyl (C=O) groups is 4. The van der Waals surface area contributed by atoms with Crippen molar-refractivity contribution in [1.29, 1.82) is 0 Å². The molecule has 0 bridgehead atoms. The third kappa shape index (κ3) is 6.13. The summed E-state index contributed by atoms with van der Waals surface area (Å²) >= 11 is 0.790. The summed E-state index contributed by atoms with van der Waals surface area (Å²) in [5, 5.41) is 6.77. The number of hydrogen-bond donors (Lipinski definition) is 2. The van der Waals surface area contributed by atoms with Crippen LogP contribution in [0.4, 0.5) is 9.18 Å². The van der Waals surface area contributed by atoms with Gasteiger partial charge in [-0.25, -0.2) is 4.39 Å². The topological polar surface area (TPSA) is 95.6 Å². The fourth-order valence-electron chi connectivity index (χ4n) is 3.63. The maximum absolute atomic E-state index is 13.0. The van der Waals surface area contributed by atoms with Crippen LogP contribution in [-0.4, -0.2) is 47.5 Å². The Morgan fingerprint density at radius 2 is 1.66 bits per heavy atom. The zero-order valence-electron chi connectivity index (χ0n) is 18.6. The van der Waals surface area contributed by atoms with Crippen molar-refractivity contribution in [2.75, 3.05) is 19.6 Å². The van der Waals surface area contributed by atoms with E-state index in [1.165, 1.54) is 30.3 Å². The van der Waals surface area contributed by atoms with Gasteiger partial charge >= 0.3 is 0 Å². The molecule has 0 radical (unpaired) electrons. The third-order valence-electron chi connectivity index (χ3n) is 5.38. The van der Waals surface area contributed by atoms with E-state index in [1.54, 1.807) is 0 Å². The molecule has 4 rings (SSSR count). The minimum absolute atomic E-state index is 0.00111. The van der Waals surface area contributed by atoms with Crippen LogP contribution in [0.5, 0.6) is 0 Å². The van der Waals surface area contributed by atoms with Crippen molar-refractivity contribution < 1.29 is 23.6 Å². The van der Waals surface area contributed by atoms with Gasteiger partial charge in [0.2, 0.25) is 11.8 Å². The average Bonchev–Trinajstić information content (AvgIpc) is 3.11. The molecule has 178 valence electrons. The second kappa shape index (κ2) is 11.0. The summed E-state index contributed by atoms with van der Waals surface area (Å²) in [5.41, 5.74) is 1.47. The molecular formula is C26H22FN3O4S. The summed E-state index contributed by atoms with van der Waals surface area (Å²) in [6.45, 7) is -0.156. The van der Waals surface area contributed by atoms with Crippen molar-refractivity contribution in [2.45, 2.75) is 6.42 Å². The number of halogens is 1. The summed E-state index contributed by atoms with van der Waals surface area (Å²) in [4.78, 5) is 50.4. The molecule has 9 heteroatoms. The fraction of sp³-hybridized carbons (Fsp3) is 0.154. The van der Waals surface area contributed by atoms with Crippen LogP contribution < -0.4 is 10.6 Å². The Kier molecular flexibility index (Phi) is 7.57. The van der Waals surface area contributed by atoms with E-state index in [0.717, 1.165) is 33.0 Å². The van der Waals surface area contributed by atoms with E-state index in [-0.39, 0.29) is 36.9 Å². The first-order valence-corrected chi connectivity index (χ1v) is 11.7. The maximum atomic E-state index is 13.0. The van der Waals surface area contributed by atoms with Gasteiger partial charge in [-0.15, -0.1) is 0 Å². The Bertz CT molecular complexity index is 1320. The van der Waals surface area contributed by atoms with Crippen LogP contribution in [-0.2, 0) is 20.8 Å². The summed E-state index contributed by atoms with van der Waals surface area (Å²) < 4.78 is 13.0. The second-order valence-electron chi connectivity index (χ2n) is 7.83. The lowest BCUT2D eigenvalue weighted by Crippen LogP contribution is -2.41. The highest BCUT2D eigenvalue weighted by Crippen LogP contribution is 2.31. The summed E-state index contributed by atoms with van der Waals surface area (Å²) in [6.07, 6.45) is 1.67. The molecular weight excluding hydrogens is 469 g/mol. The van der Waals surface area contributed by atoms with E-state index in [9.17, 15) is 23.6 Å². The van der Waals surface area contributed by atoms with E-state index in [2.05, 4.69) is 10.6 Å². The highest BCUT2D eigenvalue weighted by Gasteiger charge is 2.34. The van der Waals surface area contributed by atoms with Gasteiger partial charge < -0.3 is 10.6 Å². The minimum atomic E-state index is -0.470. The van der Waals surface area contributed by atoms with Gasteiger partial charge in [-0.2, -0.15) is 0 Å². The number of nitrogens with one attached hydrogen (secondary N) is 2. The molecule has 3 aromatic carbocycles. The Morgan fingerprint density at radius 1 is 0.914 bits per heavy atom. The van der Waals surface area contributed by atoms with Crippen LogP contribution in [0.1, 0.15) is 11.1 Å². The first kappa shape index (κ1) is 24.2. The van der Waals surface area contributed by atoms with Gasteiger partial charge in [-0.1, -0.05) is 54.6 Å². The summed E-state index contributed by atoms with van der Waals surface area (Å²) in [7, 11) is 0. The monoisotopic (exact) mass is 491 g/mol. The van der Waals surface area contributed by atoms with Gasteiger partial charge in [0.05, 0.1) is 17.9 Å². The first-order valence-electron chi connectivity index (χ1n) is 10.9. The van der Waals surface area contributed by atoms with Crippen LogP contribution in [0, 0.1) is 5.82 Å². The highest BCUT2D eigenvalue weighted by molar-refractivity contribution is 8.18. The molecule has 3 aromatic rings. The molecule has 1 heterocycles. The molecule has 1 saturated heterocycles. The molecule has 0 aromatic heterocycles. The first-order chi connectivity index (χ1) is 16.9. The lowest BCUT2D eigenvalue weighted by molar-refractivity contribution is -0.126. The van der Waals surface area contributed by atoms with E-state index >= 15 is 0 Å². The Morgan fingerprint density at radius 3 is 2.46 bits per heavy atom. The smallest absolute Gasteiger partial charge is 0.293 e. The van der Waals surface area contributed by atoms with Crippen LogP contribution in [0.15, 0.2) is 71.6 Å². The average molecular weight is 492 g/mol. The third-order valence-corrected chi connectivity index (χ3v) is 6.28. The Labute approximate surface area is 205 Å². The molecule has 1 aliphatic heterocycles. The van der Waals surface area contributed by atoms with Crippen molar-refractivity contribution in [2.24, 2.45) is 0 Å². The predicted molar refractivity (Wildman–Crippen MR) is 133 cm³/mol. The number of imide groups is 1. The molecule has 2 N–H and O–H groups in total. The highest BCUT2D eigenvalue weighted by atomic mass is 32.2. The molecule has 1 fully saturated rings. The zero-order chi connectivity index (χ0) is 24.8. The molecule has 0 unspecified atom stereocenters. The predicted octanol–water partition coefficient (Wildman–Crippen LogP) is 3.49. The molecule has 0 spiro atoms. The molecule has 4 amide bonds. The molecule has 0 saturated carbocycles. The lowest BCUT2D eigenvalue weighted by atomic mass is 10.0. The SMILES string of the molecule is O=C(CNC(=O)Cc1cccc2ccccc12)NCCN1C(=O)S/C(=C\c2ccc(F)cc2)C1=O. The molecule has 1 aliphatic rings. The standard InChI is InChI=1S/C26H22FN3O4S/c27-20-10-8-17(9-11-20)14-22-25(33)30(26(34)35-22)13-12-28-24(32)16-29-23(31)15-19-6-3-5-18-4-1-2-7-21(18)19/h1-11,14H,12-13,15-16H2,(H,28,32)(H,29,31)/b22-14-. The minimum Gasteiger partial charge on any atom is -0.353 e. The van der Waals surface area contributed by atoms with E-state index in [1.807, 2.05) is 42.5 Å². The number of nitrogens with zero attached hydrogens (tertiary/aromatic N) is 1. The number of thioether (sulfide) groups is 1. The second-order valence-corrected chi connectivity index (χ2v) is 8.82. The fourth-order valence-corrected chi connectivity index (χ4v) is 4.50. The zero-order valence-corrected chi connectivity index (χ0v) is 19.4. The maximum Gasteiger partial charge on any atom is 0.293 e. The normalized spacial score (nSPS) is 14.5. The van der Waals surface area contributed by atoms with E-state index < -0.39 is 22.9 Å². The number of carbonyl (C=O) groups excluding carboxylic acids is 4. The summed E-state index contributed by atoms with van der Waals surface area (Å²) in [5.74, 6) is -1.57. The van der Waals surface area contributed by atoms with Crippen molar-refractivity contribution in [3.8, 4) is 0 Å². The number of hydrogen-bond acceptors (Lipinski definition) is 5. The summed E-state index contributed by atoms with van der Waals surface area (Å²) in [6, 6.07) is 19.1. The largest absolute Gasteiger partial charge is 0.353 e. The van der Waals surface area contributed by atoms with Crippen molar-refractivity contribution >= 4 is 51.6 Å². The van der Waals surface area contributed by atoms with E-state index in [0.29, 0.717) is 5.56 Å². The number of benzene rings is 3.